The number of pyridine rings is 2. The van der Waals surface area contributed by atoms with Gasteiger partial charge in [0.25, 0.3) is 0 Å². The van der Waals surface area contributed by atoms with E-state index in [0.717, 1.165) is 43.0 Å². The molecule has 4 heterocycles. The first kappa shape index (κ1) is 15.5. The second-order valence-electron chi connectivity index (χ2n) is 7.02. The molecule has 130 valence electrons. The lowest BCUT2D eigenvalue weighted by Gasteiger charge is -2.14. The molecule has 0 atom stereocenters. The summed E-state index contributed by atoms with van der Waals surface area (Å²) in [6.07, 6.45) is 15.3. The molecule has 0 saturated heterocycles. The van der Waals surface area contributed by atoms with Crippen LogP contribution < -0.4 is 5.32 Å². The molecule has 0 radical (unpaired) electrons. The van der Waals surface area contributed by atoms with E-state index >= 15 is 0 Å². The van der Waals surface area contributed by atoms with Gasteiger partial charge in [-0.3, -0.25) is 9.38 Å². The van der Waals surface area contributed by atoms with Gasteiger partial charge < -0.3 is 5.32 Å². The molecule has 0 amide bonds. The zero-order valence-corrected chi connectivity index (χ0v) is 14.8. The van der Waals surface area contributed by atoms with Crippen molar-refractivity contribution in [2.45, 2.75) is 25.7 Å². The van der Waals surface area contributed by atoms with Gasteiger partial charge in [-0.15, -0.1) is 0 Å². The fourth-order valence-corrected chi connectivity index (χ4v) is 3.95. The van der Waals surface area contributed by atoms with Gasteiger partial charge in [-0.05, 0) is 73.2 Å². The number of nitrogens with zero attached hydrogens (tertiary/aromatic N) is 3. The molecule has 0 fully saturated rings. The normalized spacial score (nSPS) is 17.4. The first-order valence-electron chi connectivity index (χ1n) is 9.41. The number of allylic oxidation sites excluding steroid dienone is 2. The predicted octanol–water partition coefficient (Wildman–Crippen LogP) is 4.34. The van der Waals surface area contributed by atoms with Crippen LogP contribution in [0.25, 0.3) is 28.1 Å². The Morgan fingerprint density at radius 2 is 1.96 bits per heavy atom. The molecule has 4 nitrogen and oxygen atoms in total. The van der Waals surface area contributed by atoms with Gasteiger partial charge in [0.05, 0.1) is 17.6 Å². The van der Waals surface area contributed by atoms with Crippen LogP contribution >= 0.6 is 0 Å². The van der Waals surface area contributed by atoms with Crippen LogP contribution in [0.4, 0.5) is 0 Å². The van der Waals surface area contributed by atoms with Gasteiger partial charge in [-0.2, -0.15) is 0 Å². The first-order valence-corrected chi connectivity index (χ1v) is 9.41. The summed E-state index contributed by atoms with van der Waals surface area (Å²) >= 11 is 0. The third kappa shape index (κ3) is 2.76. The van der Waals surface area contributed by atoms with Crippen LogP contribution in [0.3, 0.4) is 0 Å². The summed E-state index contributed by atoms with van der Waals surface area (Å²) in [4.78, 5) is 9.24. The van der Waals surface area contributed by atoms with Crippen molar-refractivity contribution in [1.29, 1.82) is 0 Å². The second-order valence-corrected chi connectivity index (χ2v) is 7.02. The van der Waals surface area contributed by atoms with Crippen molar-refractivity contribution in [2.75, 3.05) is 13.1 Å². The Morgan fingerprint density at radius 3 is 2.81 bits per heavy atom. The van der Waals surface area contributed by atoms with Crippen molar-refractivity contribution in [2.24, 2.45) is 0 Å². The van der Waals surface area contributed by atoms with E-state index in [-0.39, 0.29) is 0 Å². The second kappa shape index (κ2) is 6.54. The van der Waals surface area contributed by atoms with Gasteiger partial charge in [0, 0.05) is 24.5 Å². The molecule has 1 aliphatic heterocycles. The van der Waals surface area contributed by atoms with Crippen LogP contribution in [-0.4, -0.2) is 27.5 Å². The Bertz CT molecular complexity index is 1030. The van der Waals surface area contributed by atoms with E-state index in [4.69, 9.17) is 0 Å². The van der Waals surface area contributed by atoms with Gasteiger partial charge in [-0.1, -0.05) is 12.2 Å². The molecule has 0 saturated carbocycles. The highest BCUT2D eigenvalue weighted by Gasteiger charge is 2.13. The highest BCUT2D eigenvalue weighted by Crippen LogP contribution is 2.30. The molecular weight excluding hydrogens is 320 g/mol. The largest absolute Gasteiger partial charge is 0.313 e. The third-order valence-corrected chi connectivity index (χ3v) is 5.37. The zero-order valence-electron chi connectivity index (χ0n) is 14.8. The lowest BCUT2D eigenvalue weighted by atomic mass is 10.0. The highest BCUT2D eigenvalue weighted by atomic mass is 15.0. The maximum atomic E-state index is 4.66. The topological polar surface area (TPSA) is 42.2 Å². The van der Waals surface area contributed by atoms with Crippen LogP contribution in [0.1, 0.15) is 36.9 Å². The standard InChI is InChI=1S/C22H22N4/c1-2-4-17(3-1)20-13-19(7-11-24-20)21-15-25-22-14-18(8-12-26(21)22)16-5-9-23-10-6-16/h3,5,7-8,11-15,23H,1-2,4,6,9-10H2. The fraction of sp³-hybridized carbons (Fsp3) is 0.273. The number of aromatic nitrogens is 3. The van der Waals surface area contributed by atoms with Crippen LogP contribution in [0.2, 0.25) is 0 Å². The minimum absolute atomic E-state index is 0.954. The number of rotatable bonds is 3. The highest BCUT2D eigenvalue weighted by molar-refractivity contribution is 5.73. The van der Waals surface area contributed by atoms with Crippen LogP contribution in [0.15, 0.2) is 55.0 Å². The molecule has 5 rings (SSSR count). The Kier molecular flexibility index (Phi) is 3.91. The molecule has 0 unspecified atom stereocenters. The van der Waals surface area contributed by atoms with Gasteiger partial charge in [-0.25, -0.2) is 4.98 Å². The average molecular weight is 342 g/mol. The number of nitrogens with one attached hydrogen (secondary N) is 1. The lowest BCUT2D eigenvalue weighted by molar-refractivity contribution is 0.738. The van der Waals surface area contributed by atoms with Crippen molar-refractivity contribution >= 4 is 16.8 Å². The van der Waals surface area contributed by atoms with Crippen molar-refractivity contribution in [3.8, 4) is 11.3 Å². The zero-order chi connectivity index (χ0) is 17.3. The molecule has 3 aromatic heterocycles. The van der Waals surface area contributed by atoms with Crippen molar-refractivity contribution < 1.29 is 0 Å². The first-order chi connectivity index (χ1) is 12.9. The van der Waals surface area contributed by atoms with Crippen molar-refractivity contribution in [1.82, 2.24) is 19.7 Å². The van der Waals surface area contributed by atoms with Crippen LogP contribution in [0, 0.1) is 0 Å². The van der Waals surface area contributed by atoms with Crippen LogP contribution in [0.5, 0.6) is 0 Å². The fourth-order valence-electron chi connectivity index (χ4n) is 3.95. The van der Waals surface area contributed by atoms with Gasteiger partial charge in [0.15, 0.2) is 0 Å². The summed E-state index contributed by atoms with van der Waals surface area (Å²) in [6.45, 7) is 2.00. The van der Waals surface area contributed by atoms with Crippen molar-refractivity contribution in [3.05, 3.63) is 66.3 Å². The number of hydrogen-bond acceptors (Lipinski definition) is 3. The summed E-state index contributed by atoms with van der Waals surface area (Å²) in [5, 5.41) is 3.37. The molecule has 3 aromatic rings. The maximum Gasteiger partial charge on any atom is 0.137 e. The van der Waals surface area contributed by atoms with Gasteiger partial charge in [0.2, 0.25) is 0 Å². The predicted molar refractivity (Wildman–Crippen MR) is 106 cm³/mol. The van der Waals surface area contributed by atoms with E-state index < -0.39 is 0 Å². The summed E-state index contributed by atoms with van der Waals surface area (Å²) in [7, 11) is 0. The molecule has 1 N–H and O–H groups in total. The average Bonchev–Trinajstić information content (AvgIpc) is 3.38. The molecule has 0 bridgehead atoms. The van der Waals surface area contributed by atoms with E-state index in [0.29, 0.717) is 0 Å². The number of hydrogen-bond donors (Lipinski definition) is 1. The lowest BCUT2D eigenvalue weighted by Crippen LogP contribution is -2.20. The molecule has 4 heteroatoms. The van der Waals surface area contributed by atoms with Crippen molar-refractivity contribution in [3.63, 3.8) is 0 Å². The Hall–Kier alpha value is -2.72. The van der Waals surface area contributed by atoms with Gasteiger partial charge >= 0.3 is 0 Å². The SMILES string of the molecule is C1=C(c2ccn3c(-c4ccnc(C5=CCCC5)c4)cnc3c2)CCNC1. The summed E-state index contributed by atoms with van der Waals surface area (Å²) in [6, 6.07) is 8.68. The van der Waals surface area contributed by atoms with Gasteiger partial charge in [0.1, 0.15) is 5.65 Å². The Balaban J connectivity index is 1.54. The molecule has 0 aromatic carbocycles. The summed E-state index contributed by atoms with van der Waals surface area (Å²) in [5.41, 5.74) is 8.46. The summed E-state index contributed by atoms with van der Waals surface area (Å²) in [5.74, 6) is 0. The maximum absolute atomic E-state index is 4.66. The monoisotopic (exact) mass is 342 g/mol. The quantitative estimate of drug-likeness (QED) is 0.770. The molecular formula is C22H22N4. The van der Waals surface area contributed by atoms with E-state index in [2.05, 4.69) is 62.3 Å². The van der Waals surface area contributed by atoms with E-state index in [1.54, 1.807) is 0 Å². The van der Waals surface area contributed by atoms with E-state index in [1.807, 2.05) is 12.4 Å². The number of imidazole rings is 1. The molecule has 1 aliphatic carbocycles. The third-order valence-electron chi connectivity index (χ3n) is 5.37. The smallest absolute Gasteiger partial charge is 0.137 e. The van der Waals surface area contributed by atoms with E-state index in [1.165, 1.54) is 35.1 Å². The summed E-state index contributed by atoms with van der Waals surface area (Å²) < 4.78 is 2.17. The van der Waals surface area contributed by atoms with E-state index in [9.17, 15) is 0 Å². The minimum Gasteiger partial charge on any atom is -0.313 e. The Morgan fingerprint density at radius 1 is 0.962 bits per heavy atom. The van der Waals surface area contributed by atoms with Crippen LogP contribution in [-0.2, 0) is 0 Å². The number of fused-ring (bicyclic) bond motifs is 1. The minimum atomic E-state index is 0.954. The molecule has 2 aliphatic rings. The molecule has 0 spiro atoms. The Labute approximate surface area is 153 Å². The molecule has 26 heavy (non-hydrogen) atoms.